The molecule has 2 rings (SSSR count). The van der Waals surface area contributed by atoms with Crippen LogP contribution in [0.1, 0.15) is 26.3 Å². The molecule has 0 saturated carbocycles. The SMILES string of the molecule is CC(=O)c1ccc(C(=O)Nc2ccn(C)n2)s1. The minimum Gasteiger partial charge on any atom is -0.304 e. The zero-order chi connectivity index (χ0) is 12.4. The van der Waals surface area contributed by atoms with E-state index in [0.717, 1.165) is 0 Å². The molecular formula is C11H11N3O2S. The number of carbonyl (C=O) groups excluding carboxylic acids is 2. The summed E-state index contributed by atoms with van der Waals surface area (Å²) < 4.78 is 1.60. The fourth-order valence-corrected chi connectivity index (χ4v) is 2.11. The van der Waals surface area contributed by atoms with E-state index in [4.69, 9.17) is 0 Å². The molecule has 0 radical (unpaired) electrons. The predicted octanol–water partition coefficient (Wildman–Crippen LogP) is 1.94. The largest absolute Gasteiger partial charge is 0.304 e. The minimum absolute atomic E-state index is 0.0353. The summed E-state index contributed by atoms with van der Waals surface area (Å²) in [6.07, 6.45) is 1.74. The molecule has 2 aromatic heterocycles. The first kappa shape index (κ1) is 11.5. The van der Waals surface area contributed by atoms with E-state index in [1.54, 1.807) is 36.1 Å². The van der Waals surface area contributed by atoms with E-state index in [1.165, 1.54) is 18.3 Å². The molecule has 0 aliphatic carbocycles. The average Bonchev–Trinajstić information content (AvgIpc) is 2.86. The van der Waals surface area contributed by atoms with Crippen LogP contribution >= 0.6 is 11.3 Å². The van der Waals surface area contributed by atoms with Gasteiger partial charge in [0.1, 0.15) is 0 Å². The summed E-state index contributed by atoms with van der Waals surface area (Å²) in [7, 11) is 1.77. The summed E-state index contributed by atoms with van der Waals surface area (Å²) in [5.41, 5.74) is 0. The second-order valence-electron chi connectivity index (χ2n) is 3.55. The number of rotatable bonds is 3. The van der Waals surface area contributed by atoms with Gasteiger partial charge in [-0.25, -0.2) is 0 Å². The van der Waals surface area contributed by atoms with Gasteiger partial charge in [-0.15, -0.1) is 11.3 Å². The molecule has 2 aromatic rings. The van der Waals surface area contributed by atoms with E-state index in [1.807, 2.05) is 0 Å². The fraction of sp³-hybridized carbons (Fsp3) is 0.182. The lowest BCUT2D eigenvalue weighted by atomic mass is 10.3. The summed E-state index contributed by atoms with van der Waals surface area (Å²) >= 11 is 1.18. The number of aromatic nitrogens is 2. The molecule has 17 heavy (non-hydrogen) atoms. The number of carbonyl (C=O) groups is 2. The Balaban J connectivity index is 2.11. The summed E-state index contributed by atoms with van der Waals surface area (Å²) in [4.78, 5) is 24.0. The van der Waals surface area contributed by atoms with Crippen molar-refractivity contribution in [2.75, 3.05) is 5.32 Å². The first-order chi connectivity index (χ1) is 8.06. The second kappa shape index (κ2) is 4.50. The highest BCUT2D eigenvalue weighted by atomic mass is 32.1. The van der Waals surface area contributed by atoms with Gasteiger partial charge in [0.15, 0.2) is 11.6 Å². The van der Waals surface area contributed by atoms with Gasteiger partial charge in [0, 0.05) is 19.3 Å². The Morgan fingerprint density at radius 1 is 1.29 bits per heavy atom. The van der Waals surface area contributed by atoms with Gasteiger partial charge in [-0.05, 0) is 19.1 Å². The van der Waals surface area contributed by atoms with Gasteiger partial charge in [-0.2, -0.15) is 5.10 Å². The molecule has 0 unspecified atom stereocenters. The van der Waals surface area contributed by atoms with Gasteiger partial charge in [0.25, 0.3) is 5.91 Å². The number of anilines is 1. The topological polar surface area (TPSA) is 64.0 Å². The summed E-state index contributed by atoms with van der Waals surface area (Å²) in [5.74, 6) is 0.211. The number of hydrogen-bond donors (Lipinski definition) is 1. The van der Waals surface area contributed by atoms with Crippen molar-refractivity contribution in [2.24, 2.45) is 7.05 Å². The molecule has 0 spiro atoms. The number of ketones is 1. The smallest absolute Gasteiger partial charge is 0.266 e. The first-order valence-corrected chi connectivity index (χ1v) is 5.79. The van der Waals surface area contributed by atoms with Crippen molar-refractivity contribution in [3.63, 3.8) is 0 Å². The standard InChI is InChI=1S/C11H11N3O2S/c1-7(15)8-3-4-9(17-8)11(16)12-10-5-6-14(2)13-10/h3-6H,1-2H3,(H,12,13,16). The van der Waals surface area contributed by atoms with Crippen molar-refractivity contribution in [3.05, 3.63) is 34.2 Å². The van der Waals surface area contributed by atoms with Gasteiger partial charge < -0.3 is 5.32 Å². The lowest BCUT2D eigenvalue weighted by Crippen LogP contribution is -2.10. The van der Waals surface area contributed by atoms with Crippen LogP contribution in [0.2, 0.25) is 0 Å². The Hall–Kier alpha value is -1.95. The van der Waals surface area contributed by atoms with Crippen LogP contribution in [0.25, 0.3) is 0 Å². The van der Waals surface area contributed by atoms with E-state index < -0.39 is 0 Å². The maximum atomic E-state index is 11.8. The Kier molecular flexibility index (Phi) is 3.06. The fourth-order valence-electron chi connectivity index (χ4n) is 1.31. The van der Waals surface area contributed by atoms with Crippen molar-refractivity contribution in [3.8, 4) is 0 Å². The number of nitrogens with zero attached hydrogens (tertiary/aromatic N) is 2. The molecule has 6 heteroatoms. The van der Waals surface area contributed by atoms with Crippen LogP contribution in [0.5, 0.6) is 0 Å². The van der Waals surface area contributed by atoms with Gasteiger partial charge >= 0.3 is 0 Å². The zero-order valence-electron chi connectivity index (χ0n) is 9.43. The normalized spacial score (nSPS) is 10.2. The first-order valence-electron chi connectivity index (χ1n) is 4.98. The molecule has 1 amide bonds. The molecule has 1 N–H and O–H groups in total. The number of hydrogen-bond acceptors (Lipinski definition) is 4. The van der Waals surface area contributed by atoms with Crippen LogP contribution in [-0.4, -0.2) is 21.5 Å². The van der Waals surface area contributed by atoms with Crippen molar-refractivity contribution in [2.45, 2.75) is 6.92 Å². The molecule has 2 heterocycles. The van der Waals surface area contributed by atoms with E-state index in [9.17, 15) is 9.59 Å². The van der Waals surface area contributed by atoms with E-state index in [2.05, 4.69) is 10.4 Å². The lowest BCUT2D eigenvalue weighted by molar-refractivity contribution is 0.101. The quantitative estimate of drug-likeness (QED) is 0.845. The number of amides is 1. The summed E-state index contributed by atoms with van der Waals surface area (Å²) in [5, 5.41) is 6.70. The van der Waals surface area contributed by atoms with Gasteiger partial charge in [-0.1, -0.05) is 0 Å². The molecule has 0 aliphatic heterocycles. The summed E-state index contributed by atoms with van der Waals surface area (Å²) in [6, 6.07) is 5.00. The third-order valence-electron chi connectivity index (χ3n) is 2.13. The molecule has 0 atom stereocenters. The minimum atomic E-state index is -0.249. The molecule has 88 valence electrons. The third-order valence-corrected chi connectivity index (χ3v) is 3.32. The molecule has 0 bridgehead atoms. The second-order valence-corrected chi connectivity index (χ2v) is 4.63. The Morgan fingerprint density at radius 2 is 2.00 bits per heavy atom. The number of thiophene rings is 1. The highest BCUT2D eigenvalue weighted by molar-refractivity contribution is 7.16. The average molecular weight is 249 g/mol. The monoisotopic (exact) mass is 249 g/mol. The molecule has 0 aromatic carbocycles. The van der Waals surface area contributed by atoms with Crippen LogP contribution in [0, 0.1) is 0 Å². The van der Waals surface area contributed by atoms with Gasteiger partial charge in [0.2, 0.25) is 0 Å². The maximum Gasteiger partial charge on any atom is 0.266 e. The van der Waals surface area contributed by atoms with E-state index in [-0.39, 0.29) is 11.7 Å². The van der Waals surface area contributed by atoms with Crippen LogP contribution in [0.4, 0.5) is 5.82 Å². The highest BCUT2D eigenvalue weighted by Gasteiger charge is 2.12. The Morgan fingerprint density at radius 3 is 2.53 bits per heavy atom. The van der Waals surface area contributed by atoms with E-state index >= 15 is 0 Å². The molecule has 0 aliphatic rings. The maximum absolute atomic E-state index is 11.8. The van der Waals surface area contributed by atoms with Crippen molar-refractivity contribution in [1.82, 2.24) is 9.78 Å². The van der Waals surface area contributed by atoms with Gasteiger partial charge in [0.05, 0.1) is 9.75 Å². The molecule has 5 nitrogen and oxygen atoms in total. The van der Waals surface area contributed by atoms with E-state index in [0.29, 0.717) is 15.6 Å². The molecule has 0 fully saturated rings. The van der Waals surface area contributed by atoms with Crippen LogP contribution < -0.4 is 5.32 Å². The summed E-state index contributed by atoms with van der Waals surface area (Å²) in [6.45, 7) is 1.48. The van der Waals surface area contributed by atoms with Crippen molar-refractivity contribution in [1.29, 1.82) is 0 Å². The third kappa shape index (κ3) is 2.59. The van der Waals surface area contributed by atoms with Crippen LogP contribution in [0.15, 0.2) is 24.4 Å². The van der Waals surface area contributed by atoms with Crippen molar-refractivity contribution < 1.29 is 9.59 Å². The van der Waals surface area contributed by atoms with Crippen LogP contribution in [-0.2, 0) is 7.05 Å². The zero-order valence-corrected chi connectivity index (χ0v) is 10.2. The van der Waals surface area contributed by atoms with Gasteiger partial charge in [-0.3, -0.25) is 14.3 Å². The lowest BCUT2D eigenvalue weighted by Gasteiger charge is -1.97. The number of nitrogens with one attached hydrogen (secondary N) is 1. The number of aryl methyl sites for hydroxylation is 1. The van der Waals surface area contributed by atoms with Crippen molar-refractivity contribution >= 4 is 28.8 Å². The Labute approximate surface area is 102 Å². The highest BCUT2D eigenvalue weighted by Crippen LogP contribution is 2.18. The Bertz CT molecular complexity index is 571. The number of Topliss-reactive ketones (excluding diaryl/α,β-unsaturated/α-hetero) is 1. The molecular weight excluding hydrogens is 238 g/mol. The van der Waals surface area contributed by atoms with Crippen LogP contribution in [0.3, 0.4) is 0 Å². The molecule has 0 saturated heterocycles. The predicted molar refractivity (Wildman–Crippen MR) is 65.5 cm³/mol.